The van der Waals surface area contributed by atoms with Crippen LogP contribution in [0.4, 0.5) is 8.78 Å². The van der Waals surface area contributed by atoms with E-state index in [2.05, 4.69) is 65.6 Å². The molecule has 0 fully saturated rings. The molecule has 1 nitrogen and oxygen atoms in total. The zero-order valence-corrected chi connectivity index (χ0v) is 18.6. The minimum absolute atomic E-state index is 0.0284. The van der Waals surface area contributed by atoms with Crippen LogP contribution in [0.25, 0.3) is 5.57 Å². The summed E-state index contributed by atoms with van der Waals surface area (Å²) in [4.78, 5) is 0. The molecule has 0 spiro atoms. The molecule has 0 saturated heterocycles. The fourth-order valence-corrected chi connectivity index (χ4v) is 4.32. The zero-order valence-electron chi connectivity index (χ0n) is 17.5. The molecule has 154 valence electrons. The third-order valence-electron chi connectivity index (χ3n) is 5.78. The predicted octanol–water partition coefficient (Wildman–Crippen LogP) is 6.71. The second-order valence-corrected chi connectivity index (χ2v) is 8.49. The Kier molecular flexibility index (Phi) is 6.58. The summed E-state index contributed by atoms with van der Waals surface area (Å²) in [7, 11) is 4.26. The molecule has 4 atom stereocenters. The number of ether oxygens (including phenoxy) is 1. The van der Waals surface area contributed by atoms with E-state index in [1.54, 1.807) is 13.2 Å². The van der Waals surface area contributed by atoms with Crippen molar-refractivity contribution in [3.05, 3.63) is 77.4 Å². The quantitative estimate of drug-likeness (QED) is 0.377. The smallest absolute Gasteiger partial charge is 0.270 e. The van der Waals surface area contributed by atoms with Gasteiger partial charge in [0.25, 0.3) is 5.92 Å². The molecule has 2 aromatic carbocycles. The molecule has 29 heavy (non-hydrogen) atoms. The lowest BCUT2D eigenvalue weighted by Gasteiger charge is -2.22. The van der Waals surface area contributed by atoms with Gasteiger partial charge in [0.05, 0.1) is 7.11 Å². The second-order valence-electron chi connectivity index (χ2n) is 7.82. The van der Waals surface area contributed by atoms with Crippen LogP contribution >= 0.6 is 9.24 Å². The molecule has 2 aromatic rings. The van der Waals surface area contributed by atoms with Crippen LogP contribution < -0.4 is 10.0 Å². The van der Waals surface area contributed by atoms with E-state index in [9.17, 15) is 8.78 Å². The van der Waals surface area contributed by atoms with E-state index in [0.717, 1.165) is 29.8 Å². The Morgan fingerprint density at radius 2 is 1.83 bits per heavy atom. The number of allylic oxidation sites excluding steroid dienone is 4. The summed E-state index contributed by atoms with van der Waals surface area (Å²) in [5, 5.41) is 1.16. The van der Waals surface area contributed by atoms with E-state index < -0.39 is 5.92 Å². The standard InChI is InChI=1S/C25H29F2OP/c1-5-6-7-20-16(2)22(15-23(20)17-8-11-19(29)12-9-17)21-13-10-18(25(3,26)27)14-24(21)28-4/h6-16,20,23H,5,29H2,1-4H3/b7-6+. The highest BCUT2D eigenvalue weighted by Crippen LogP contribution is 2.49. The highest BCUT2D eigenvalue weighted by molar-refractivity contribution is 7.27. The maximum Gasteiger partial charge on any atom is 0.270 e. The summed E-state index contributed by atoms with van der Waals surface area (Å²) in [6.45, 7) is 5.26. The average molecular weight is 414 g/mol. The van der Waals surface area contributed by atoms with Crippen molar-refractivity contribution < 1.29 is 13.5 Å². The van der Waals surface area contributed by atoms with Crippen molar-refractivity contribution in [3.63, 3.8) is 0 Å². The monoisotopic (exact) mass is 414 g/mol. The van der Waals surface area contributed by atoms with Crippen molar-refractivity contribution >= 4 is 20.1 Å². The van der Waals surface area contributed by atoms with Gasteiger partial charge in [0.15, 0.2) is 0 Å². The summed E-state index contributed by atoms with van der Waals surface area (Å²) in [6.07, 6.45) is 7.79. The molecule has 0 saturated carbocycles. The number of rotatable bonds is 6. The first kappa shape index (κ1) is 21.7. The maximum atomic E-state index is 13.8. The van der Waals surface area contributed by atoms with Crippen LogP contribution in [0, 0.1) is 11.8 Å². The van der Waals surface area contributed by atoms with Gasteiger partial charge in [0, 0.05) is 24.0 Å². The number of benzene rings is 2. The van der Waals surface area contributed by atoms with Gasteiger partial charge < -0.3 is 4.74 Å². The molecule has 4 heteroatoms. The number of methoxy groups -OCH3 is 1. The van der Waals surface area contributed by atoms with E-state index in [4.69, 9.17) is 4.74 Å². The highest BCUT2D eigenvalue weighted by Gasteiger charge is 2.35. The van der Waals surface area contributed by atoms with Gasteiger partial charge in [-0.15, -0.1) is 9.24 Å². The van der Waals surface area contributed by atoms with Crippen molar-refractivity contribution in [2.45, 2.75) is 39.0 Å². The van der Waals surface area contributed by atoms with E-state index >= 15 is 0 Å². The number of hydrogen-bond acceptors (Lipinski definition) is 1. The molecular formula is C25H29F2OP. The Balaban J connectivity index is 2.07. The molecule has 0 aliphatic heterocycles. The fraction of sp³-hybridized carbons (Fsp3) is 0.360. The Labute approximate surface area is 175 Å². The first-order valence-corrected chi connectivity index (χ1v) is 10.6. The van der Waals surface area contributed by atoms with Gasteiger partial charge in [-0.1, -0.05) is 68.5 Å². The third kappa shape index (κ3) is 4.61. The third-order valence-corrected chi connectivity index (χ3v) is 6.16. The average Bonchev–Trinajstić information content (AvgIpc) is 3.01. The minimum atomic E-state index is -2.89. The molecule has 0 radical (unpaired) electrons. The molecule has 1 aliphatic carbocycles. The van der Waals surface area contributed by atoms with E-state index in [0.29, 0.717) is 11.7 Å². The van der Waals surface area contributed by atoms with Crippen molar-refractivity contribution in [3.8, 4) is 5.75 Å². The van der Waals surface area contributed by atoms with Crippen LogP contribution in [-0.4, -0.2) is 7.11 Å². The van der Waals surface area contributed by atoms with E-state index in [1.165, 1.54) is 17.7 Å². The maximum absolute atomic E-state index is 13.8. The lowest BCUT2D eigenvalue weighted by atomic mass is 9.82. The molecule has 0 bridgehead atoms. The van der Waals surface area contributed by atoms with Crippen molar-refractivity contribution in [2.24, 2.45) is 11.8 Å². The largest absolute Gasteiger partial charge is 0.496 e. The summed E-state index contributed by atoms with van der Waals surface area (Å²) in [6, 6.07) is 13.3. The number of alkyl halides is 2. The molecule has 0 N–H and O–H groups in total. The van der Waals surface area contributed by atoms with Crippen molar-refractivity contribution in [2.75, 3.05) is 7.11 Å². The first-order valence-electron chi connectivity index (χ1n) is 10.1. The minimum Gasteiger partial charge on any atom is -0.496 e. The molecule has 0 heterocycles. The van der Waals surface area contributed by atoms with Crippen molar-refractivity contribution in [1.29, 1.82) is 0 Å². The van der Waals surface area contributed by atoms with Crippen molar-refractivity contribution in [1.82, 2.24) is 0 Å². The predicted molar refractivity (Wildman–Crippen MR) is 121 cm³/mol. The van der Waals surface area contributed by atoms with Crippen LogP contribution in [-0.2, 0) is 5.92 Å². The Morgan fingerprint density at radius 1 is 1.14 bits per heavy atom. The zero-order chi connectivity index (χ0) is 21.2. The van der Waals surface area contributed by atoms with Gasteiger partial charge in [0.1, 0.15) is 5.75 Å². The van der Waals surface area contributed by atoms with Crippen LogP contribution in [0.15, 0.2) is 60.7 Å². The Hall–Kier alpha value is -1.99. The second kappa shape index (κ2) is 8.79. The van der Waals surface area contributed by atoms with Gasteiger partial charge in [-0.2, -0.15) is 0 Å². The molecule has 1 aliphatic rings. The van der Waals surface area contributed by atoms with E-state index in [1.807, 2.05) is 0 Å². The summed E-state index contributed by atoms with van der Waals surface area (Å²) < 4.78 is 33.1. The number of halogens is 2. The van der Waals surface area contributed by atoms with E-state index in [-0.39, 0.29) is 17.4 Å². The van der Waals surface area contributed by atoms with Gasteiger partial charge in [-0.3, -0.25) is 0 Å². The molecule has 0 amide bonds. The fourth-order valence-electron chi connectivity index (χ4n) is 4.13. The number of hydrogen-bond donors (Lipinski definition) is 0. The molecular weight excluding hydrogens is 385 g/mol. The van der Waals surface area contributed by atoms with Crippen LogP contribution in [0.5, 0.6) is 5.75 Å². The topological polar surface area (TPSA) is 9.23 Å². The normalized spacial score (nSPS) is 22.2. The van der Waals surface area contributed by atoms with Crippen LogP contribution in [0.2, 0.25) is 0 Å². The van der Waals surface area contributed by atoms with Gasteiger partial charge in [-0.05, 0) is 40.8 Å². The molecule has 4 unspecified atom stereocenters. The summed E-state index contributed by atoms with van der Waals surface area (Å²) in [5.74, 6) is -1.58. The van der Waals surface area contributed by atoms with Crippen LogP contribution in [0.1, 0.15) is 49.8 Å². The molecule has 3 rings (SSSR count). The lowest BCUT2D eigenvalue weighted by Crippen LogP contribution is -2.12. The van der Waals surface area contributed by atoms with Gasteiger partial charge >= 0.3 is 0 Å². The summed E-state index contributed by atoms with van der Waals surface area (Å²) >= 11 is 0. The Morgan fingerprint density at radius 3 is 2.41 bits per heavy atom. The lowest BCUT2D eigenvalue weighted by molar-refractivity contribution is 0.0172. The highest BCUT2D eigenvalue weighted by atomic mass is 31.0. The summed E-state index contributed by atoms with van der Waals surface area (Å²) in [5.41, 5.74) is 3.28. The van der Waals surface area contributed by atoms with Crippen LogP contribution in [0.3, 0.4) is 0 Å². The SMILES string of the molecule is CC/C=C/C1C(C)C(c2ccc(C(C)(F)F)cc2OC)=CC1c1ccc(P)cc1. The Bertz CT molecular complexity index is 909. The van der Waals surface area contributed by atoms with Gasteiger partial charge in [0.2, 0.25) is 0 Å². The first-order chi connectivity index (χ1) is 13.8. The molecule has 0 aromatic heterocycles. The van der Waals surface area contributed by atoms with Gasteiger partial charge in [-0.25, -0.2) is 8.78 Å².